The van der Waals surface area contributed by atoms with Gasteiger partial charge in [-0.3, -0.25) is 4.79 Å². The second-order valence-corrected chi connectivity index (χ2v) is 6.43. The van der Waals surface area contributed by atoms with E-state index < -0.39 is 0 Å². The highest BCUT2D eigenvalue weighted by Crippen LogP contribution is 2.23. The van der Waals surface area contributed by atoms with Gasteiger partial charge in [-0.1, -0.05) is 43.6 Å². The SMILES string of the molecule is Cc1nn(-c2ccccc2)c(Cl)c1C(=O)NCCCOCC(C)C. The number of nitrogens with zero attached hydrogens (tertiary/aromatic N) is 2. The zero-order valence-corrected chi connectivity index (χ0v) is 15.1. The average molecular weight is 350 g/mol. The molecule has 0 spiro atoms. The van der Waals surface area contributed by atoms with Crippen molar-refractivity contribution in [2.24, 2.45) is 5.92 Å². The summed E-state index contributed by atoms with van der Waals surface area (Å²) in [6.45, 7) is 7.92. The number of nitrogens with one attached hydrogen (secondary N) is 1. The summed E-state index contributed by atoms with van der Waals surface area (Å²) in [5.74, 6) is 0.313. The molecule has 0 fully saturated rings. The molecule has 0 saturated heterocycles. The lowest BCUT2D eigenvalue weighted by Gasteiger charge is -2.08. The molecule has 0 unspecified atom stereocenters. The lowest BCUT2D eigenvalue weighted by atomic mass is 10.2. The lowest BCUT2D eigenvalue weighted by Crippen LogP contribution is -2.26. The Kier molecular flexibility index (Phi) is 6.82. The Morgan fingerprint density at radius 3 is 2.71 bits per heavy atom. The number of amides is 1. The van der Waals surface area contributed by atoms with Gasteiger partial charge in [-0.15, -0.1) is 0 Å². The van der Waals surface area contributed by atoms with E-state index in [4.69, 9.17) is 16.3 Å². The van der Waals surface area contributed by atoms with Crippen molar-refractivity contribution in [1.29, 1.82) is 0 Å². The molecule has 0 aliphatic heterocycles. The van der Waals surface area contributed by atoms with Crippen LogP contribution < -0.4 is 5.32 Å². The predicted molar refractivity (Wildman–Crippen MR) is 95.9 cm³/mol. The van der Waals surface area contributed by atoms with Gasteiger partial charge in [0, 0.05) is 19.8 Å². The highest BCUT2D eigenvalue weighted by atomic mass is 35.5. The Labute approximate surface area is 148 Å². The van der Waals surface area contributed by atoms with Crippen LogP contribution in [0.4, 0.5) is 0 Å². The van der Waals surface area contributed by atoms with Crippen molar-refractivity contribution in [3.8, 4) is 5.69 Å². The maximum Gasteiger partial charge on any atom is 0.256 e. The van der Waals surface area contributed by atoms with Crippen molar-refractivity contribution in [3.05, 3.63) is 46.7 Å². The third-order valence-corrected chi connectivity index (χ3v) is 3.78. The molecule has 0 aliphatic rings. The number of carbonyl (C=O) groups is 1. The van der Waals surface area contributed by atoms with Crippen LogP contribution >= 0.6 is 11.6 Å². The van der Waals surface area contributed by atoms with Gasteiger partial charge in [0.25, 0.3) is 5.91 Å². The Balaban J connectivity index is 1.94. The van der Waals surface area contributed by atoms with Crippen molar-refractivity contribution < 1.29 is 9.53 Å². The molecule has 1 aromatic heterocycles. The third-order valence-electron chi connectivity index (χ3n) is 3.43. The first-order chi connectivity index (χ1) is 11.5. The van der Waals surface area contributed by atoms with Crippen LogP contribution in [0, 0.1) is 12.8 Å². The number of aromatic nitrogens is 2. The van der Waals surface area contributed by atoms with E-state index >= 15 is 0 Å². The van der Waals surface area contributed by atoms with Crippen molar-refractivity contribution in [2.75, 3.05) is 19.8 Å². The van der Waals surface area contributed by atoms with Gasteiger partial charge in [-0.05, 0) is 31.4 Å². The van der Waals surface area contributed by atoms with Gasteiger partial charge in [-0.2, -0.15) is 5.10 Å². The van der Waals surface area contributed by atoms with Crippen LogP contribution in [0.1, 0.15) is 36.3 Å². The van der Waals surface area contributed by atoms with E-state index in [1.165, 1.54) is 0 Å². The van der Waals surface area contributed by atoms with E-state index in [-0.39, 0.29) is 5.91 Å². The first-order valence-electron chi connectivity index (χ1n) is 8.17. The smallest absolute Gasteiger partial charge is 0.256 e. The van der Waals surface area contributed by atoms with Crippen LogP contribution in [0.2, 0.25) is 5.15 Å². The number of aryl methyl sites for hydroxylation is 1. The van der Waals surface area contributed by atoms with E-state index in [2.05, 4.69) is 24.3 Å². The molecule has 130 valence electrons. The Morgan fingerprint density at radius 2 is 2.04 bits per heavy atom. The Morgan fingerprint density at radius 1 is 1.33 bits per heavy atom. The molecule has 1 amide bonds. The van der Waals surface area contributed by atoms with E-state index in [9.17, 15) is 4.79 Å². The maximum atomic E-state index is 12.4. The van der Waals surface area contributed by atoms with Gasteiger partial charge < -0.3 is 10.1 Å². The minimum atomic E-state index is -0.205. The number of hydrogen-bond acceptors (Lipinski definition) is 3. The molecule has 1 aromatic carbocycles. The molecule has 0 radical (unpaired) electrons. The van der Waals surface area contributed by atoms with Crippen molar-refractivity contribution in [3.63, 3.8) is 0 Å². The molecule has 2 aromatic rings. The predicted octanol–water partition coefficient (Wildman–Crippen LogP) is 3.63. The summed E-state index contributed by atoms with van der Waals surface area (Å²) in [6, 6.07) is 9.51. The molecule has 1 N–H and O–H groups in total. The Bertz CT molecular complexity index is 668. The van der Waals surface area contributed by atoms with E-state index in [0.717, 1.165) is 18.7 Å². The molecule has 0 bridgehead atoms. The molecule has 0 saturated carbocycles. The molecule has 1 heterocycles. The summed E-state index contributed by atoms with van der Waals surface area (Å²) in [5.41, 5.74) is 1.85. The topological polar surface area (TPSA) is 56.2 Å². The fourth-order valence-corrected chi connectivity index (χ4v) is 2.64. The van der Waals surface area contributed by atoms with Gasteiger partial charge in [0.15, 0.2) is 0 Å². The second-order valence-electron chi connectivity index (χ2n) is 6.08. The zero-order chi connectivity index (χ0) is 17.5. The van der Waals surface area contributed by atoms with E-state index in [0.29, 0.717) is 35.5 Å². The van der Waals surface area contributed by atoms with Crippen LogP contribution in [0.5, 0.6) is 0 Å². The molecule has 0 atom stereocenters. The Hall–Kier alpha value is -1.85. The minimum absolute atomic E-state index is 0.205. The number of ether oxygens (including phenoxy) is 1. The first kappa shape index (κ1) is 18.5. The highest BCUT2D eigenvalue weighted by Gasteiger charge is 2.20. The summed E-state index contributed by atoms with van der Waals surface area (Å²) in [4.78, 5) is 12.4. The molecule has 5 nitrogen and oxygen atoms in total. The van der Waals surface area contributed by atoms with Crippen LogP contribution in [-0.4, -0.2) is 35.4 Å². The van der Waals surface area contributed by atoms with Crippen LogP contribution in [0.15, 0.2) is 30.3 Å². The molecule has 2 rings (SSSR count). The van der Waals surface area contributed by atoms with Gasteiger partial charge in [-0.25, -0.2) is 4.68 Å². The van der Waals surface area contributed by atoms with Crippen LogP contribution in [0.3, 0.4) is 0 Å². The van der Waals surface area contributed by atoms with Gasteiger partial charge in [0.05, 0.1) is 16.9 Å². The maximum absolute atomic E-state index is 12.4. The summed E-state index contributed by atoms with van der Waals surface area (Å²) >= 11 is 6.37. The summed E-state index contributed by atoms with van der Waals surface area (Å²) in [6.07, 6.45) is 0.766. The largest absolute Gasteiger partial charge is 0.381 e. The number of hydrogen-bond donors (Lipinski definition) is 1. The third kappa shape index (κ3) is 4.82. The highest BCUT2D eigenvalue weighted by molar-refractivity contribution is 6.33. The van der Waals surface area contributed by atoms with Crippen molar-refractivity contribution in [2.45, 2.75) is 27.2 Å². The minimum Gasteiger partial charge on any atom is -0.381 e. The number of rotatable bonds is 8. The summed E-state index contributed by atoms with van der Waals surface area (Å²) in [7, 11) is 0. The van der Waals surface area contributed by atoms with E-state index in [1.807, 2.05) is 30.3 Å². The normalized spacial score (nSPS) is 11.0. The molecule has 24 heavy (non-hydrogen) atoms. The monoisotopic (exact) mass is 349 g/mol. The molecule has 6 heteroatoms. The first-order valence-corrected chi connectivity index (χ1v) is 8.55. The van der Waals surface area contributed by atoms with Crippen LogP contribution in [-0.2, 0) is 4.74 Å². The number of benzene rings is 1. The summed E-state index contributed by atoms with van der Waals surface area (Å²) in [5, 5.41) is 7.58. The van der Waals surface area contributed by atoms with Crippen LogP contribution in [0.25, 0.3) is 5.69 Å². The van der Waals surface area contributed by atoms with Gasteiger partial charge in [0.1, 0.15) is 5.15 Å². The zero-order valence-electron chi connectivity index (χ0n) is 14.4. The average Bonchev–Trinajstić information content (AvgIpc) is 2.86. The quantitative estimate of drug-likeness (QED) is 0.740. The number of para-hydroxylation sites is 1. The van der Waals surface area contributed by atoms with Gasteiger partial charge in [0.2, 0.25) is 0 Å². The van der Waals surface area contributed by atoms with E-state index in [1.54, 1.807) is 11.6 Å². The lowest BCUT2D eigenvalue weighted by molar-refractivity contribution is 0.0924. The summed E-state index contributed by atoms with van der Waals surface area (Å²) < 4.78 is 7.08. The standard InChI is InChI=1S/C18H24ClN3O2/c1-13(2)12-24-11-7-10-20-18(23)16-14(3)21-22(17(16)19)15-8-5-4-6-9-15/h4-6,8-9,13H,7,10-12H2,1-3H3,(H,20,23). The van der Waals surface area contributed by atoms with Crippen molar-refractivity contribution >= 4 is 17.5 Å². The number of halogens is 1. The van der Waals surface area contributed by atoms with Gasteiger partial charge >= 0.3 is 0 Å². The van der Waals surface area contributed by atoms with Crippen molar-refractivity contribution in [1.82, 2.24) is 15.1 Å². The fourth-order valence-electron chi connectivity index (χ4n) is 2.28. The number of carbonyl (C=O) groups excluding carboxylic acids is 1. The molecule has 0 aliphatic carbocycles. The molecular weight excluding hydrogens is 326 g/mol. The fraction of sp³-hybridized carbons (Fsp3) is 0.444. The second kappa shape index (κ2) is 8.85. The molecular formula is C18H24ClN3O2.